The molecular formula is C19H18Cl2N6O. The summed E-state index contributed by atoms with van der Waals surface area (Å²) in [4.78, 5) is 15.7. The first-order chi connectivity index (χ1) is 13.7. The molecule has 1 aliphatic heterocycles. The van der Waals surface area contributed by atoms with Crippen LogP contribution in [0.5, 0.6) is 0 Å². The summed E-state index contributed by atoms with van der Waals surface area (Å²) in [7, 11) is 0. The smallest absolute Gasteiger partial charge is 0.233 e. The van der Waals surface area contributed by atoms with Crippen molar-refractivity contribution < 1.29 is 4.74 Å². The second-order valence-electron chi connectivity index (χ2n) is 6.09. The van der Waals surface area contributed by atoms with E-state index in [9.17, 15) is 0 Å². The molecule has 7 nitrogen and oxygen atoms in total. The number of hydrogen-bond donors (Lipinski definition) is 2. The van der Waals surface area contributed by atoms with Gasteiger partial charge in [0.2, 0.25) is 17.8 Å². The fourth-order valence-electron chi connectivity index (χ4n) is 2.75. The standard InChI is InChI=1S/C19H18Cl2N6O/c20-13-5-1-3-7-15(13)22-17-24-18(23-16-8-4-2-6-14(16)21)26-19(25-17)27-9-11-28-12-10-27/h1-8H,9-12H2,(H2,22,23,24,25,26). The van der Waals surface area contributed by atoms with E-state index in [1.165, 1.54) is 0 Å². The van der Waals surface area contributed by atoms with Crippen molar-refractivity contribution in [2.24, 2.45) is 0 Å². The Morgan fingerprint density at radius 3 is 1.75 bits per heavy atom. The first-order valence-electron chi connectivity index (χ1n) is 8.81. The minimum absolute atomic E-state index is 0.388. The molecule has 0 unspecified atom stereocenters. The van der Waals surface area contributed by atoms with E-state index in [0.717, 1.165) is 0 Å². The number of nitrogens with zero attached hydrogens (tertiary/aromatic N) is 4. The van der Waals surface area contributed by atoms with Gasteiger partial charge in [-0.15, -0.1) is 0 Å². The number of morpholine rings is 1. The van der Waals surface area contributed by atoms with E-state index in [2.05, 4.69) is 30.5 Å². The summed E-state index contributed by atoms with van der Waals surface area (Å²) < 4.78 is 5.43. The Balaban J connectivity index is 1.68. The third kappa shape index (κ3) is 4.44. The number of para-hydroxylation sites is 2. The lowest BCUT2D eigenvalue weighted by atomic mass is 10.3. The van der Waals surface area contributed by atoms with Gasteiger partial charge in [0.1, 0.15) is 0 Å². The second-order valence-corrected chi connectivity index (χ2v) is 6.91. The van der Waals surface area contributed by atoms with Gasteiger partial charge >= 0.3 is 0 Å². The molecule has 28 heavy (non-hydrogen) atoms. The number of rotatable bonds is 5. The van der Waals surface area contributed by atoms with Gasteiger partial charge in [-0.2, -0.15) is 15.0 Å². The maximum atomic E-state index is 6.26. The molecule has 1 saturated heterocycles. The summed E-state index contributed by atoms with van der Waals surface area (Å²) in [5.41, 5.74) is 1.43. The number of hydrogen-bond acceptors (Lipinski definition) is 7. The molecule has 0 atom stereocenters. The average molecular weight is 417 g/mol. The SMILES string of the molecule is Clc1ccccc1Nc1nc(Nc2ccccc2Cl)nc(N2CCOCC2)n1. The van der Waals surface area contributed by atoms with E-state index >= 15 is 0 Å². The molecule has 0 aliphatic carbocycles. The van der Waals surface area contributed by atoms with Gasteiger partial charge in [-0.3, -0.25) is 0 Å². The molecule has 2 heterocycles. The van der Waals surface area contributed by atoms with Crippen LogP contribution in [0.1, 0.15) is 0 Å². The Labute approximate surface area is 172 Å². The van der Waals surface area contributed by atoms with Crippen molar-refractivity contribution >= 4 is 52.4 Å². The second kappa shape index (κ2) is 8.60. The van der Waals surface area contributed by atoms with E-state index in [4.69, 9.17) is 27.9 Å². The summed E-state index contributed by atoms with van der Waals surface area (Å²) in [6.45, 7) is 2.68. The lowest BCUT2D eigenvalue weighted by Crippen LogP contribution is -2.37. The molecule has 0 bridgehead atoms. The van der Waals surface area contributed by atoms with E-state index in [0.29, 0.717) is 65.6 Å². The third-order valence-electron chi connectivity index (χ3n) is 4.16. The molecule has 0 saturated carbocycles. The zero-order valence-corrected chi connectivity index (χ0v) is 16.4. The largest absolute Gasteiger partial charge is 0.378 e. The Hall–Kier alpha value is -2.61. The van der Waals surface area contributed by atoms with E-state index in [1.807, 2.05) is 36.4 Å². The first kappa shape index (κ1) is 18.7. The van der Waals surface area contributed by atoms with Crippen molar-refractivity contribution in [2.45, 2.75) is 0 Å². The molecule has 144 valence electrons. The third-order valence-corrected chi connectivity index (χ3v) is 4.82. The maximum absolute atomic E-state index is 6.26. The van der Waals surface area contributed by atoms with Crippen molar-refractivity contribution in [1.29, 1.82) is 0 Å². The van der Waals surface area contributed by atoms with Gasteiger partial charge in [0.05, 0.1) is 34.6 Å². The molecule has 2 aromatic carbocycles. The Bertz CT molecular complexity index is 899. The van der Waals surface area contributed by atoms with Crippen molar-refractivity contribution in [3.63, 3.8) is 0 Å². The molecule has 3 aromatic rings. The molecule has 9 heteroatoms. The predicted octanol–water partition coefficient (Wildman–Crippen LogP) is 4.50. The monoisotopic (exact) mass is 416 g/mol. The molecule has 0 radical (unpaired) electrons. The number of halogens is 2. The number of nitrogens with one attached hydrogen (secondary N) is 2. The number of benzene rings is 2. The molecule has 1 aromatic heterocycles. The van der Waals surface area contributed by atoms with Crippen LogP contribution in [0.2, 0.25) is 10.0 Å². The number of aromatic nitrogens is 3. The zero-order valence-electron chi connectivity index (χ0n) is 14.9. The van der Waals surface area contributed by atoms with Crippen LogP contribution in [0.3, 0.4) is 0 Å². The number of ether oxygens (including phenoxy) is 1. The van der Waals surface area contributed by atoms with Crippen molar-refractivity contribution in [1.82, 2.24) is 15.0 Å². The summed E-state index contributed by atoms with van der Waals surface area (Å²) in [6, 6.07) is 14.8. The van der Waals surface area contributed by atoms with Crippen LogP contribution in [0.4, 0.5) is 29.2 Å². The molecule has 4 rings (SSSR count). The van der Waals surface area contributed by atoms with Crippen molar-refractivity contribution in [2.75, 3.05) is 41.8 Å². The molecule has 2 N–H and O–H groups in total. The highest BCUT2D eigenvalue weighted by atomic mass is 35.5. The van der Waals surface area contributed by atoms with Crippen LogP contribution >= 0.6 is 23.2 Å². The highest BCUT2D eigenvalue weighted by Crippen LogP contribution is 2.27. The minimum atomic E-state index is 0.388. The van der Waals surface area contributed by atoms with Gasteiger partial charge in [-0.05, 0) is 24.3 Å². The van der Waals surface area contributed by atoms with Crippen LogP contribution < -0.4 is 15.5 Å². The highest BCUT2D eigenvalue weighted by Gasteiger charge is 2.17. The molecule has 1 fully saturated rings. The van der Waals surface area contributed by atoms with Crippen LogP contribution in [0.15, 0.2) is 48.5 Å². The summed E-state index contributed by atoms with van der Waals surface area (Å²) in [5, 5.41) is 7.49. The lowest BCUT2D eigenvalue weighted by molar-refractivity contribution is 0.122. The fourth-order valence-corrected chi connectivity index (χ4v) is 3.11. The lowest BCUT2D eigenvalue weighted by Gasteiger charge is -2.27. The minimum Gasteiger partial charge on any atom is -0.378 e. The summed E-state index contributed by atoms with van der Waals surface area (Å²) in [6.07, 6.45) is 0. The quantitative estimate of drug-likeness (QED) is 0.633. The summed E-state index contributed by atoms with van der Waals surface area (Å²) in [5.74, 6) is 1.33. The van der Waals surface area contributed by atoms with E-state index in [-0.39, 0.29) is 0 Å². The molecular weight excluding hydrogens is 399 g/mol. The first-order valence-corrected chi connectivity index (χ1v) is 9.56. The fraction of sp³-hybridized carbons (Fsp3) is 0.211. The van der Waals surface area contributed by atoms with Crippen LogP contribution in [-0.4, -0.2) is 41.3 Å². The zero-order chi connectivity index (χ0) is 19.3. The van der Waals surface area contributed by atoms with Gasteiger partial charge in [0.25, 0.3) is 0 Å². The van der Waals surface area contributed by atoms with Crippen LogP contribution in [-0.2, 0) is 4.74 Å². The Morgan fingerprint density at radius 1 is 0.750 bits per heavy atom. The summed E-state index contributed by atoms with van der Waals surface area (Å²) >= 11 is 12.5. The Morgan fingerprint density at radius 2 is 1.25 bits per heavy atom. The van der Waals surface area contributed by atoms with Crippen LogP contribution in [0.25, 0.3) is 0 Å². The normalized spacial score (nSPS) is 14.0. The van der Waals surface area contributed by atoms with Gasteiger partial charge in [-0.1, -0.05) is 47.5 Å². The van der Waals surface area contributed by atoms with E-state index < -0.39 is 0 Å². The predicted molar refractivity (Wildman–Crippen MR) is 112 cm³/mol. The van der Waals surface area contributed by atoms with E-state index in [1.54, 1.807) is 12.1 Å². The molecule has 1 aliphatic rings. The topological polar surface area (TPSA) is 75.2 Å². The number of anilines is 5. The average Bonchev–Trinajstić information content (AvgIpc) is 2.72. The van der Waals surface area contributed by atoms with Gasteiger partial charge in [-0.25, -0.2) is 0 Å². The van der Waals surface area contributed by atoms with Crippen LogP contribution in [0, 0.1) is 0 Å². The van der Waals surface area contributed by atoms with Gasteiger partial charge in [0.15, 0.2) is 0 Å². The highest BCUT2D eigenvalue weighted by molar-refractivity contribution is 6.33. The molecule has 0 spiro atoms. The molecule has 0 amide bonds. The Kier molecular flexibility index (Phi) is 5.76. The van der Waals surface area contributed by atoms with Crippen molar-refractivity contribution in [3.8, 4) is 0 Å². The van der Waals surface area contributed by atoms with Gasteiger partial charge < -0.3 is 20.3 Å². The van der Waals surface area contributed by atoms with Crippen molar-refractivity contribution in [3.05, 3.63) is 58.6 Å². The van der Waals surface area contributed by atoms with Gasteiger partial charge in [0, 0.05) is 13.1 Å². The maximum Gasteiger partial charge on any atom is 0.233 e.